The van der Waals surface area contributed by atoms with E-state index in [1.165, 1.54) is 0 Å². The summed E-state index contributed by atoms with van der Waals surface area (Å²) in [7, 11) is 0. The van der Waals surface area contributed by atoms with Gasteiger partial charge in [0.25, 0.3) is 0 Å². The van der Waals surface area contributed by atoms with Crippen molar-refractivity contribution in [2.24, 2.45) is 0 Å². The topological polar surface area (TPSA) is 78.9 Å². The molecule has 2 rings (SSSR count). The first kappa shape index (κ1) is 19.9. The largest absolute Gasteiger partial charge is 0.393 e. The normalized spacial score (nSPS) is 13.2. The van der Waals surface area contributed by atoms with E-state index in [4.69, 9.17) is 10.4 Å². The highest BCUT2D eigenvalue weighted by molar-refractivity contribution is 5.97. The van der Waals surface area contributed by atoms with Crippen molar-refractivity contribution in [2.75, 3.05) is 0 Å². The second kappa shape index (κ2) is 8.77. The SMILES string of the molecule is CCc1c(-c2ccc(C#N)cc2)nn(C(C)CC)c1C(=O)CC[C@@H](C)O. The molecule has 0 saturated heterocycles. The molecule has 26 heavy (non-hydrogen) atoms. The lowest BCUT2D eigenvalue weighted by Crippen LogP contribution is -2.16. The van der Waals surface area contributed by atoms with Crippen LogP contribution < -0.4 is 0 Å². The van der Waals surface area contributed by atoms with Crippen molar-refractivity contribution in [3.8, 4) is 17.3 Å². The molecule has 0 amide bonds. The molecule has 0 aliphatic rings. The van der Waals surface area contributed by atoms with Gasteiger partial charge in [0.05, 0.1) is 23.4 Å². The molecule has 1 heterocycles. The van der Waals surface area contributed by atoms with Crippen LogP contribution in [0.1, 0.15) is 74.6 Å². The Morgan fingerprint density at radius 2 is 1.92 bits per heavy atom. The van der Waals surface area contributed by atoms with Gasteiger partial charge in [0.1, 0.15) is 5.69 Å². The third-order valence-corrected chi connectivity index (χ3v) is 4.71. The van der Waals surface area contributed by atoms with E-state index >= 15 is 0 Å². The number of hydrogen-bond acceptors (Lipinski definition) is 4. The van der Waals surface area contributed by atoms with Gasteiger partial charge in [-0.2, -0.15) is 10.4 Å². The van der Waals surface area contributed by atoms with E-state index in [0.29, 0.717) is 30.5 Å². The fraction of sp³-hybridized carbons (Fsp3) is 0.476. The molecule has 0 radical (unpaired) electrons. The van der Waals surface area contributed by atoms with Crippen LogP contribution in [0.5, 0.6) is 0 Å². The molecule has 0 aliphatic carbocycles. The molecule has 2 atom stereocenters. The minimum atomic E-state index is -0.498. The van der Waals surface area contributed by atoms with Gasteiger partial charge in [0.15, 0.2) is 5.78 Å². The monoisotopic (exact) mass is 353 g/mol. The van der Waals surface area contributed by atoms with Crippen molar-refractivity contribution in [3.63, 3.8) is 0 Å². The van der Waals surface area contributed by atoms with Crippen LogP contribution in [0.2, 0.25) is 0 Å². The van der Waals surface area contributed by atoms with Crippen molar-refractivity contribution < 1.29 is 9.90 Å². The fourth-order valence-corrected chi connectivity index (χ4v) is 2.98. The average molecular weight is 353 g/mol. The molecule has 0 saturated carbocycles. The number of aliphatic hydroxyl groups is 1. The lowest BCUT2D eigenvalue weighted by atomic mass is 9.99. The van der Waals surface area contributed by atoms with Gasteiger partial charge in [-0.1, -0.05) is 26.0 Å². The third kappa shape index (κ3) is 4.20. The highest BCUT2D eigenvalue weighted by Crippen LogP contribution is 2.30. The van der Waals surface area contributed by atoms with Gasteiger partial charge in [0, 0.05) is 23.6 Å². The molecule has 0 fully saturated rings. The first-order chi connectivity index (χ1) is 12.4. The minimum absolute atomic E-state index is 0.0236. The lowest BCUT2D eigenvalue weighted by molar-refractivity contribution is 0.0935. The summed E-state index contributed by atoms with van der Waals surface area (Å²) >= 11 is 0. The van der Waals surface area contributed by atoms with Crippen molar-refractivity contribution >= 4 is 5.78 Å². The molecule has 0 spiro atoms. The number of rotatable bonds is 8. The summed E-state index contributed by atoms with van der Waals surface area (Å²) in [4.78, 5) is 12.9. The van der Waals surface area contributed by atoms with E-state index in [-0.39, 0.29) is 11.8 Å². The maximum Gasteiger partial charge on any atom is 0.181 e. The summed E-state index contributed by atoms with van der Waals surface area (Å²) in [6.45, 7) is 7.85. The summed E-state index contributed by atoms with van der Waals surface area (Å²) in [5.74, 6) is 0.0236. The number of ketones is 1. The highest BCUT2D eigenvalue weighted by atomic mass is 16.3. The summed E-state index contributed by atoms with van der Waals surface area (Å²) < 4.78 is 1.84. The zero-order chi connectivity index (χ0) is 19.3. The molecule has 0 bridgehead atoms. The molecule has 5 heteroatoms. The summed E-state index contributed by atoms with van der Waals surface area (Å²) in [6, 6.07) is 9.53. The molecule has 138 valence electrons. The Bertz CT molecular complexity index is 798. The zero-order valence-electron chi connectivity index (χ0n) is 16.0. The number of aromatic nitrogens is 2. The average Bonchev–Trinajstić information content (AvgIpc) is 3.05. The van der Waals surface area contributed by atoms with E-state index in [9.17, 15) is 9.90 Å². The van der Waals surface area contributed by atoms with Crippen molar-refractivity contribution in [1.29, 1.82) is 5.26 Å². The van der Waals surface area contributed by atoms with Gasteiger partial charge in [0.2, 0.25) is 0 Å². The second-order valence-electron chi connectivity index (χ2n) is 6.73. The fourth-order valence-electron chi connectivity index (χ4n) is 2.98. The molecule has 0 aliphatic heterocycles. The molecule has 1 N–H and O–H groups in total. The molecular weight excluding hydrogens is 326 g/mol. The zero-order valence-corrected chi connectivity index (χ0v) is 16.0. The number of nitrogens with zero attached hydrogens (tertiary/aromatic N) is 3. The van der Waals surface area contributed by atoms with E-state index in [1.807, 2.05) is 23.7 Å². The molecule has 1 unspecified atom stereocenters. The Morgan fingerprint density at radius 3 is 2.42 bits per heavy atom. The van der Waals surface area contributed by atoms with Crippen LogP contribution in [0.25, 0.3) is 11.3 Å². The van der Waals surface area contributed by atoms with Gasteiger partial charge >= 0.3 is 0 Å². The molecular formula is C21H27N3O2. The molecule has 5 nitrogen and oxygen atoms in total. The Labute approximate surface area is 155 Å². The quantitative estimate of drug-likeness (QED) is 0.718. The predicted octanol–water partition coefficient (Wildman–Crippen LogP) is 4.30. The molecule has 1 aromatic carbocycles. The van der Waals surface area contributed by atoms with Crippen molar-refractivity contribution in [3.05, 3.63) is 41.1 Å². The van der Waals surface area contributed by atoms with E-state index < -0.39 is 6.10 Å². The number of carbonyl (C=O) groups is 1. The van der Waals surface area contributed by atoms with Gasteiger partial charge < -0.3 is 5.11 Å². The van der Waals surface area contributed by atoms with E-state index in [0.717, 1.165) is 23.2 Å². The first-order valence-corrected chi connectivity index (χ1v) is 9.26. The van der Waals surface area contributed by atoms with E-state index in [2.05, 4.69) is 19.9 Å². The van der Waals surface area contributed by atoms with Gasteiger partial charge in [-0.05, 0) is 45.2 Å². The molecule has 2 aromatic rings. The van der Waals surface area contributed by atoms with Gasteiger partial charge in [-0.3, -0.25) is 9.48 Å². The second-order valence-corrected chi connectivity index (χ2v) is 6.73. The molecule has 1 aromatic heterocycles. The van der Waals surface area contributed by atoms with Crippen LogP contribution >= 0.6 is 0 Å². The minimum Gasteiger partial charge on any atom is -0.393 e. The predicted molar refractivity (Wildman–Crippen MR) is 102 cm³/mol. The van der Waals surface area contributed by atoms with Gasteiger partial charge in [-0.25, -0.2) is 0 Å². The lowest BCUT2D eigenvalue weighted by Gasteiger charge is -2.14. The van der Waals surface area contributed by atoms with Crippen LogP contribution in [0.4, 0.5) is 0 Å². The number of aliphatic hydroxyl groups excluding tert-OH is 1. The number of benzene rings is 1. The number of nitriles is 1. The Kier molecular flexibility index (Phi) is 6.70. The van der Waals surface area contributed by atoms with Crippen LogP contribution in [-0.4, -0.2) is 26.8 Å². The van der Waals surface area contributed by atoms with Crippen LogP contribution in [0.3, 0.4) is 0 Å². The van der Waals surface area contributed by atoms with Crippen molar-refractivity contribution in [2.45, 2.75) is 65.5 Å². The van der Waals surface area contributed by atoms with Crippen LogP contribution in [0.15, 0.2) is 24.3 Å². The van der Waals surface area contributed by atoms with Crippen LogP contribution in [-0.2, 0) is 6.42 Å². The smallest absolute Gasteiger partial charge is 0.181 e. The van der Waals surface area contributed by atoms with Gasteiger partial charge in [-0.15, -0.1) is 0 Å². The number of hydrogen-bond donors (Lipinski definition) is 1. The first-order valence-electron chi connectivity index (χ1n) is 9.26. The number of Topliss-reactive ketones (excluding diaryl/α,β-unsaturated/α-hetero) is 1. The third-order valence-electron chi connectivity index (χ3n) is 4.71. The highest BCUT2D eigenvalue weighted by Gasteiger charge is 2.25. The summed E-state index contributed by atoms with van der Waals surface area (Å²) in [5.41, 5.74) is 3.90. The van der Waals surface area contributed by atoms with Crippen molar-refractivity contribution in [1.82, 2.24) is 9.78 Å². The summed E-state index contributed by atoms with van der Waals surface area (Å²) in [5, 5.41) is 23.3. The number of carbonyl (C=O) groups excluding carboxylic acids is 1. The Hall–Kier alpha value is -2.45. The Morgan fingerprint density at radius 1 is 1.27 bits per heavy atom. The standard InChI is InChI=1S/C21H27N3O2/c1-5-14(3)24-21(19(26)12-7-15(4)25)18(6-2)20(23-24)17-10-8-16(13-22)9-11-17/h8-11,14-15,25H,5-7,12H2,1-4H3/t14?,15-/m1/s1. The van der Waals surface area contributed by atoms with Crippen LogP contribution in [0, 0.1) is 11.3 Å². The Balaban J connectivity index is 2.55. The summed E-state index contributed by atoms with van der Waals surface area (Å²) in [6.07, 6.45) is 1.82. The maximum atomic E-state index is 12.9. The maximum absolute atomic E-state index is 12.9. The van der Waals surface area contributed by atoms with E-state index in [1.54, 1.807) is 19.1 Å².